The van der Waals surface area contributed by atoms with Crippen LogP contribution in [0.1, 0.15) is 58.2 Å². The second-order valence-corrected chi connectivity index (χ2v) is 6.29. The lowest BCUT2D eigenvalue weighted by Gasteiger charge is -2.24. The third kappa shape index (κ3) is 3.85. The first-order valence-electron chi connectivity index (χ1n) is 8.26. The highest BCUT2D eigenvalue weighted by Gasteiger charge is 2.40. The van der Waals surface area contributed by atoms with Crippen LogP contribution in [0.4, 0.5) is 0 Å². The van der Waals surface area contributed by atoms with Gasteiger partial charge >= 0.3 is 0 Å². The van der Waals surface area contributed by atoms with Crippen LogP contribution in [0.5, 0.6) is 0 Å². The lowest BCUT2D eigenvalue weighted by molar-refractivity contribution is -0.130. The molecule has 1 saturated heterocycles. The van der Waals surface area contributed by atoms with E-state index >= 15 is 0 Å². The van der Waals surface area contributed by atoms with Gasteiger partial charge in [0.2, 0.25) is 5.91 Å². The SMILES string of the molecule is CCCCCCN1C(=O)C(C(C)C)NC1c1ccccc1. The van der Waals surface area contributed by atoms with E-state index in [1.165, 1.54) is 24.8 Å². The zero-order chi connectivity index (χ0) is 15.2. The summed E-state index contributed by atoms with van der Waals surface area (Å²) in [6.07, 6.45) is 4.80. The molecule has 0 bridgehead atoms. The second kappa shape index (κ2) is 7.60. The summed E-state index contributed by atoms with van der Waals surface area (Å²) in [6, 6.07) is 10.3. The van der Waals surface area contributed by atoms with Crippen molar-refractivity contribution in [2.75, 3.05) is 6.54 Å². The Hall–Kier alpha value is -1.35. The van der Waals surface area contributed by atoms with Crippen molar-refractivity contribution in [3.05, 3.63) is 35.9 Å². The lowest BCUT2D eigenvalue weighted by atomic mass is 10.0. The molecular weight excluding hydrogens is 260 g/mol. The molecule has 1 aromatic rings. The van der Waals surface area contributed by atoms with E-state index in [1.807, 2.05) is 23.1 Å². The van der Waals surface area contributed by atoms with E-state index < -0.39 is 0 Å². The molecule has 0 aromatic heterocycles. The first kappa shape index (κ1) is 16.0. The van der Waals surface area contributed by atoms with E-state index in [9.17, 15) is 4.79 Å². The van der Waals surface area contributed by atoms with Crippen molar-refractivity contribution in [1.29, 1.82) is 0 Å². The number of amides is 1. The van der Waals surface area contributed by atoms with Gasteiger partial charge in [-0.3, -0.25) is 10.1 Å². The average Bonchev–Trinajstić information content (AvgIpc) is 2.82. The first-order chi connectivity index (χ1) is 10.1. The predicted molar refractivity (Wildman–Crippen MR) is 86.8 cm³/mol. The number of carbonyl (C=O) groups is 1. The summed E-state index contributed by atoms with van der Waals surface area (Å²) in [5.74, 6) is 0.583. The van der Waals surface area contributed by atoms with Crippen molar-refractivity contribution in [3.63, 3.8) is 0 Å². The predicted octanol–water partition coefficient (Wildman–Crippen LogP) is 3.72. The highest BCUT2D eigenvalue weighted by molar-refractivity contribution is 5.84. The maximum Gasteiger partial charge on any atom is 0.241 e. The fourth-order valence-electron chi connectivity index (χ4n) is 2.97. The largest absolute Gasteiger partial charge is 0.322 e. The summed E-state index contributed by atoms with van der Waals surface area (Å²) in [5.41, 5.74) is 1.18. The van der Waals surface area contributed by atoms with Crippen LogP contribution in [0.25, 0.3) is 0 Å². The van der Waals surface area contributed by atoms with Crippen molar-refractivity contribution in [1.82, 2.24) is 10.2 Å². The van der Waals surface area contributed by atoms with Gasteiger partial charge in [0.25, 0.3) is 0 Å². The van der Waals surface area contributed by atoms with Gasteiger partial charge < -0.3 is 4.90 Å². The number of hydrogen-bond donors (Lipinski definition) is 1. The average molecular weight is 288 g/mol. The molecule has 1 N–H and O–H groups in total. The fourth-order valence-corrected chi connectivity index (χ4v) is 2.97. The molecule has 0 spiro atoms. The molecule has 116 valence electrons. The number of nitrogens with one attached hydrogen (secondary N) is 1. The Kier molecular flexibility index (Phi) is 5.80. The molecule has 1 amide bonds. The fraction of sp³-hybridized carbons (Fsp3) is 0.611. The molecular formula is C18H28N2O. The third-order valence-electron chi connectivity index (χ3n) is 4.23. The van der Waals surface area contributed by atoms with Gasteiger partial charge in [-0.2, -0.15) is 0 Å². The van der Waals surface area contributed by atoms with E-state index in [1.54, 1.807) is 0 Å². The third-order valence-corrected chi connectivity index (χ3v) is 4.23. The molecule has 0 radical (unpaired) electrons. The molecule has 1 fully saturated rings. The topological polar surface area (TPSA) is 32.3 Å². The Morgan fingerprint density at radius 2 is 1.86 bits per heavy atom. The van der Waals surface area contributed by atoms with Crippen LogP contribution in [-0.2, 0) is 4.79 Å². The van der Waals surface area contributed by atoms with Crippen LogP contribution >= 0.6 is 0 Å². The molecule has 0 saturated carbocycles. The number of carbonyl (C=O) groups excluding carboxylic acids is 1. The molecule has 3 nitrogen and oxygen atoms in total. The first-order valence-corrected chi connectivity index (χ1v) is 8.26. The van der Waals surface area contributed by atoms with Crippen molar-refractivity contribution in [2.24, 2.45) is 5.92 Å². The van der Waals surface area contributed by atoms with Gasteiger partial charge in [-0.15, -0.1) is 0 Å². The van der Waals surface area contributed by atoms with Crippen LogP contribution in [0.15, 0.2) is 30.3 Å². The Bertz CT molecular complexity index is 444. The van der Waals surface area contributed by atoms with Crippen LogP contribution in [0, 0.1) is 5.92 Å². The number of hydrogen-bond acceptors (Lipinski definition) is 2. The van der Waals surface area contributed by atoms with E-state index in [-0.39, 0.29) is 18.1 Å². The summed E-state index contributed by atoms with van der Waals surface area (Å²) in [7, 11) is 0. The molecule has 1 aromatic carbocycles. The minimum absolute atomic E-state index is 0.0349. The maximum atomic E-state index is 12.7. The number of nitrogens with zero attached hydrogens (tertiary/aromatic N) is 1. The highest BCUT2D eigenvalue weighted by atomic mass is 16.2. The highest BCUT2D eigenvalue weighted by Crippen LogP contribution is 2.28. The van der Waals surface area contributed by atoms with Crippen molar-refractivity contribution >= 4 is 5.91 Å². The number of unbranched alkanes of at least 4 members (excludes halogenated alkanes) is 3. The molecule has 21 heavy (non-hydrogen) atoms. The minimum Gasteiger partial charge on any atom is -0.322 e. The summed E-state index contributed by atoms with van der Waals surface area (Å²) in [4.78, 5) is 14.7. The van der Waals surface area contributed by atoms with E-state index in [0.29, 0.717) is 5.92 Å². The zero-order valence-corrected chi connectivity index (χ0v) is 13.5. The summed E-state index contributed by atoms with van der Waals surface area (Å²) in [6.45, 7) is 7.29. The number of rotatable bonds is 7. The van der Waals surface area contributed by atoms with Gasteiger partial charge in [-0.05, 0) is 17.9 Å². The maximum absolute atomic E-state index is 12.7. The van der Waals surface area contributed by atoms with Gasteiger partial charge in [-0.1, -0.05) is 70.4 Å². The molecule has 1 heterocycles. The molecule has 0 aliphatic carbocycles. The summed E-state index contributed by atoms with van der Waals surface area (Å²) in [5, 5.41) is 3.52. The number of benzene rings is 1. The van der Waals surface area contributed by atoms with E-state index in [4.69, 9.17) is 0 Å². The van der Waals surface area contributed by atoms with Gasteiger partial charge in [0.05, 0.1) is 6.04 Å². The lowest BCUT2D eigenvalue weighted by Crippen LogP contribution is -2.35. The summed E-state index contributed by atoms with van der Waals surface area (Å²) >= 11 is 0. The van der Waals surface area contributed by atoms with Gasteiger partial charge in [0.1, 0.15) is 6.17 Å². The van der Waals surface area contributed by atoms with Gasteiger partial charge in [0, 0.05) is 6.54 Å². The quantitative estimate of drug-likeness (QED) is 0.776. The normalized spacial score (nSPS) is 22.3. The smallest absolute Gasteiger partial charge is 0.241 e. The van der Waals surface area contributed by atoms with Crippen molar-refractivity contribution < 1.29 is 4.79 Å². The molecule has 1 aliphatic rings. The van der Waals surface area contributed by atoms with Crippen LogP contribution in [-0.4, -0.2) is 23.4 Å². The Morgan fingerprint density at radius 3 is 2.48 bits per heavy atom. The molecule has 3 heteroatoms. The Labute approximate surface area is 128 Å². The molecule has 2 rings (SSSR count). The van der Waals surface area contributed by atoms with Crippen LogP contribution in [0.3, 0.4) is 0 Å². The second-order valence-electron chi connectivity index (χ2n) is 6.29. The monoisotopic (exact) mass is 288 g/mol. The minimum atomic E-state index is -0.0543. The van der Waals surface area contributed by atoms with Crippen molar-refractivity contribution in [2.45, 2.75) is 58.7 Å². The van der Waals surface area contributed by atoms with Crippen molar-refractivity contribution in [3.8, 4) is 0 Å². The Balaban J connectivity index is 2.10. The van der Waals surface area contributed by atoms with Gasteiger partial charge in [-0.25, -0.2) is 0 Å². The zero-order valence-electron chi connectivity index (χ0n) is 13.5. The Morgan fingerprint density at radius 1 is 1.14 bits per heavy atom. The molecule has 2 atom stereocenters. The van der Waals surface area contributed by atoms with Gasteiger partial charge in [0.15, 0.2) is 0 Å². The summed E-state index contributed by atoms with van der Waals surface area (Å²) < 4.78 is 0. The molecule has 2 unspecified atom stereocenters. The van der Waals surface area contributed by atoms with E-state index in [0.717, 1.165) is 13.0 Å². The van der Waals surface area contributed by atoms with E-state index in [2.05, 4.69) is 38.2 Å². The van der Waals surface area contributed by atoms with Crippen LogP contribution in [0.2, 0.25) is 0 Å². The van der Waals surface area contributed by atoms with Crippen LogP contribution < -0.4 is 5.32 Å². The molecule has 1 aliphatic heterocycles. The standard InChI is InChI=1S/C18H28N2O/c1-4-5-6-10-13-20-17(15-11-8-7-9-12-15)19-16(14(2)3)18(20)21/h7-9,11-12,14,16-17,19H,4-6,10,13H2,1-3H3.